The first-order chi connectivity index (χ1) is 8.50. The van der Waals surface area contributed by atoms with E-state index in [4.69, 9.17) is 40.5 Å². The van der Waals surface area contributed by atoms with E-state index in [1.807, 2.05) is 31.2 Å². The molecule has 2 aromatic carbocycles. The Morgan fingerprint density at radius 1 is 0.944 bits per heavy atom. The molecule has 0 spiro atoms. The highest BCUT2D eigenvalue weighted by atomic mass is 35.5. The normalized spacial score (nSPS) is 12.5. The molecule has 0 radical (unpaired) electrons. The number of benzene rings is 2. The number of halogens is 3. The second-order valence-electron chi connectivity index (χ2n) is 4.11. The second-order valence-corrected chi connectivity index (χ2v) is 5.33. The molecule has 0 fully saturated rings. The molecule has 94 valence electrons. The van der Waals surface area contributed by atoms with Gasteiger partial charge in [0.25, 0.3) is 0 Å². The van der Waals surface area contributed by atoms with Crippen LogP contribution in [0.5, 0.6) is 0 Å². The Morgan fingerprint density at radius 2 is 1.67 bits per heavy atom. The van der Waals surface area contributed by atoms with E-state index >= 15 is 0 Å². The number of rotatable bonds is 2. The van der Waals surface area contributed by atoms with Gasteiger partial charge in [-0.2, -0.15) is 0 Å². The van der Waals surface area contributed by atoms with Crippen LogP contribution < -0.4 is 5.73 Å². The van der Waals surface area contributed by atoms with Crippen molar-refractivity contribution in [3.63, 3.8) is 0 Å². The van der Waals surface area contributed by atoms with Crippen LogP contribution in [0.15, 0.2) is 36.4 Å². The van der Waals surface area contributed by atoms with E-state index in [-0.39, 0.29) is 6.04 Å². The van der Waals surface area contributed by atoms with Crippen molar-refractivity contribution in [2.24, 2.45) is 5.73 Å². The molecule has 0 saturated heterocycles. The van der Waals surface area contributed by atoms with Crippen LogP contribution in [0.3, 0.4) is 0 Å². The van der Waals surface area contributed by atoms with Crippen LogP contribution in [0, 0.1) is 6.92 Å². The van der Waals surface area contributed by atoms with E-state index in [2.05, 4.69) is 0 Å². The number of hydrogen-bond donors (Lipinski definition) is 1. The van der Waals surface area contributed by atoms with Gasteiger partial charge in [0.05, 0.1) is 16.1 Å². The lowest BCUT2D eigenvalue weighted by molar-refractivity contribution is 0.862. The maximum atomic E-state index is 6.24. The van der Waals surface area contributed by atoms with Gasteiger partial charge in [0.15, 0.2) is 0 Å². The Labute approximate surface area is 121 Å². The molecule has 0 aliphatic heterocycles. The van der Waals surface area contributed by atoms with E-state index in [0.717, 1.165) is 16.7 Å². The minimum absolute atomic E-state index is 0.265. The first-order valence-corrected chi connectivity index (χ1v) is 6.59. The molecule has 0 bridgehead atoms. The van der Waals surface area contributed by atoms with E-state index in [0.29, 0.717) is 15.1 Å². The topological polar surface area (TPSA) is 26.0 Å². The Bertz CT molecular complexity index is 581. The smallest absolute Gasteiger partial charge is 0.0595 e. The van der Waals surface area contributed by atoms with Crippen LogP contribution in [0.2, 0.25) is 15.1 Å². The molecular formula is C14H12Cl3N. The van der Waals surface area contributed by atoms with Gasteiger partial charge >= 0.3 is 0 Å². The Kier molecular flexibility index (Phi) is 4.18. The van der Waals surface area contributed by atoms with Crippen molar-refractivity contribution in [2.75, 3.05) is 0 Å². The van der Waals surface area contributed by atoms with Crippen molar-refractivity contribution in [1.82, 2.24) is 0 Å². The molecule has 0 amide bonds. The summed E-state index contributed by atoms with van der Waals surface area (Å²) in [6, 6.07) is 10.9. The van der Waals surface area contributed by atoms with Crippen LogP contribution in [0.25, 0.3) is 0 Å². The van der Waals surface area contributed by atoms with Gasteiger partial charge in [-0.1, -0.05) is 53.0 Å². The standard InChI is InChI=1S/C14H12Cl3N/c1-8-10(3-2-4-11(8)15)14(18)9-5-6-12(16)13(17)7-9/h2-7,14H,18H2,1H3. The molecule has 0 aliphatic rings. The van der Waals surface area contributed by atoms with Crippen molar-refractivity contribution < 1.29 is 0 Å². The van der Waals surface area contributed by atoms with Crippen molar-refractivity contribution in [3.05, 3.63) is 68.2 Å². The second kappa shape index (κ2) is 5.50. The third kappa shape index (κ3) is 2.65. The lowest BCUT2D eigenvalue weighted by atomic mass is 9.96. The summed E-state index contributed by atoms with van der Waals surface area (Å²) in [5.74, 6) is 0. The lowest BCUT2D eigenvalue weighted by Crippen LogP contribution is -2.13. The van der Waals surface area contributed by atoms with Gasteiger partial charge in [-0.05, 0) is 41.8 Å². The monoisotopic (exact) mass is 299 g/mol. The largest absolute Gasteiger partial charge is 0.320 e. The fourth-order valence-electron chi connectivity index (χ4n) is 1.85. The maximum absolute atomic E-state index is 6.24. The summed E-state index contributed by atoms with van der Waals surface area (Å²) in [5, 5.41) is 1.74. The molecule has 2 aromatic rings. The van der Waals surface area contributed by atoms with E-state index in [9.17, 15) is 0 Å². The quantitative estimate of drug-likeness (QED) is 0.829. The maximum Gasteiger partial charge on any atom is 0.0595 e. The molecule has 2 N–H and O–H groups in total. The highest BCUT2D eigenvalue weighted by Crippen LogP contribution is 2.30. The molecule has 1 atom stereocenters. The number of nitrogens with two attached hydrogens (primary N) is 1. The zero-order valence-corrected chi connectivity index (χ0v) is 12.0. The van der Waals surface area contributed by atoms with Crippen molar-refractivity contribution in [3.8, 4) is 0 Å². The Morgan fingerprint density at radius 3 is 2.33 bits per heavy atom. The summed E-state index contributed by atoms with van der Waals surface area (Å²) in [7, 11) is 0. The van der Waals surface area contributed by atoms with Crippen LogP contribution in [-0.4, -0.2) is 0 Å². The summed E-state index contributed by atoms with van der Waals surface area (Å²) in [6.45, 7) is 1.95. The van der Waals surface area contributed by atoms with E-state index in [1.54, 1.807) is 12.1 Å². The van der Waals surface area contributed by atoms with Crippen LogP contribution >= 0.6 is 34.8 Å². The minimum atomic E-state index is -0.265. The van der Waals surface area contributed by atoms with Gasteiger partial charge < -0.3 is 5.73 Å². The van der Waals surface area contributed by atoms with Crippen LogP contribution in [0.1, 0.15) is 22.7 Å². The van der Waals surface area contributed by atoms with Gasteiger partial charge in [0, 0.05) is 5.02 Å². The van der Waals surface area contributed by atoms with Gasteiger partial charge in [0.1, 0.15) is 0 Å². The van der Waals surface area contributed by atoms with E-state index < -0.39 is 0 Å². The predicted octanol–water partition coefficient (Wildman–Crippen LogP) is 5.00. The molecule has 18 heavy (non-hydrogen) atoms. The van der Waals surface area contributed by atoms with Crippen molar-refractivity contribution >= 4 is 34.8 Å². The summed E-state index contributed by atoms with van der Waals surface area (Å²) < 4.78 is 0. The number of hydrogen-bond acceptors (Lipinski definition) is 1. The van der Waals surface area contributed by atoms with Crippen LogP contribution in [0.4, 0.5) is 0 Å². The fourth-order valence-corrected chi connectivity index (χ4v) is 2.33. The molecule has 1 unspecified atom stereocenters. The average Bonchev–Trinajstić information content (AvgIpc) is 2.35. The van der Waals surface area contributed by atoms with Crippen molar-refractivity contribution in [2.45, 2.75) is 13.0 Å². The van der Waals surface area contributed by atoms with Crippen LogP contribution in [-0.2, 0) is 0 Å². The molecular weight excluding hydrogens is 289 g/mol. The summed E-state index contributed by atoms with van der Waals surface area (Å²) in [5.41, 5.74) is 9.13. The third-order valence-corrected chi connectivity index (χ3v) is 4.10. The van der Waals surface area contributed by atoms with Crippen molar-refractivity contribution in [1.29, 1.82) is 0 Å². The summed E-state index contributed by atoms with van der Waals surface area (Å²) in [4.78, 5) is 0. The fraction of sp³-hybridized carbons (Fsp3) is 0.143. The molecule has 0 aliphatic carbocycles. The molecule has 0 saturated carbocycles. The first-order valence-electron chi connectivity index (χ1n) is 5.46. The van der Waals surface area contributed by atoms with Gasteiger partial charge in [-0.3, -0.25) is 0 Å². The SMILES string of the molecule is Cc1c(Cl)cccc1C(N)c1ccc(Cl)c(Cl)c1. The Balaban J connectivity index is 2.44. The highest BCUT2D eigenvalue weighted by molar-refractivity contribution is 6.42. The minimum Gasteiger partial charge on any atom is -0.320 e. The Hall–Kier alpha value is -0.730. The zero-order valence-electron chi connectivity index (χ0n) is 9.75. The van der Waals surface area contributed by atoms with Gasteiger partial charge in [-0.15, -0.1) is 0 Å². The third-order valence-electron chi connectivity index (χ3n) is 2.95. The average molecular weight is 301 g/mol. The molecule has 4 heteroatoms. The first kappa shape index (κ1) is 13.7. The molecule has 2 rings (SSSR count). The zero-order chi connectivity index (χ0) is 13.3. The molecule has 1 nitrogen and oxygen atoms in total. The summed E-state index contributed by atoms with van der Waals surface area (Å²) in [6.07, 6.45) is 0. The van der Waals surface area contributed by atoms with E-state index in [1.165, 1.54) is 0 Å². The summed E-state index contributed by atoms with van der Waals surface area (Å²) >= 11 is 18.0. The highest BCUT2D eigenvalue weighted by Gasteiger charge is 2.14. The lowest BCUT2D eigenvalue weighted by Gasteiger charge is -2.16. The molecule has 0 heterocycles. The molecule has 0 aromatic heterocycles. The predicted molar refractivity (Wildman–Crippen MR) is 78.7 cm³/mol. The van der Waals surface area contributed by atoms with Gasteiger partial charge in [0.2, 0.25) is 0 Å². The van der Waals surface area contributed by atoms with Gasteiger partial charge in [-0.25, -0.2) is 0 Å².